The van der Waals surface area contributed by atoms with E-state index in [2.05, 4.69) is 75.4 Å². The summed E-state index contributed by atoms with van der Waals surface area (Å²) >= 11 is 1.81. The zero-order valence-electron chi connectivity index (χ0n) is 16.0. The molecule has 3 rings (SSSR count). The summed E-state index contributed by atoms with van der Waals surface area (Å²) in [6.45, 7) is 6.62. The Morgan fingerprint density at radius 2 is 1.67 bits per heavy atom. The molecule has 2 aromatic rings. The zero-order chi connectivity index (χ0) is 20.6. The molecule has 0 aromatic heterocycles. The van der Waals surface area contributed by atoms with Crippen molar-refractivity contribution in [2.24, 2.45) is 0 Å². The molecule has 0 saturated carbocycles. The van der Waals surface area contributed by atoms with Crippen molar-refractivity contribution in [3.05, 3.63) is 35.9 Å². The van der Waals surface area contributed by atoms with Gasteiger partial charge in [-0.1, -0.05) is 32.5 Å². The summed E-state index contributed by atoms with van der Waals surface area (Å²) < 4.78 is 32.8. The van der Waals surface area contributed by atoms with Crippen molar-refractivity contribution in [2.45, 2.75) is 36.0 Å². The molecule has 0 unspecified atom stereocenters. The van der Waals surface area contributed by atoms with E-state index in [1.807, 2.05) is 11.8 Å². The Balaban J connectivity index is 0.000000465. The molecule has 0 fully saturated rings. The molecule has 1 aliphatic heterocycles. The van der Waals surface area contributed by atoms with E-state index in [-0.39, 0.29) is 5.41 Å². The summed E-state index contributed by atoms with van der Waals surface area (Å²) in [5.74, 6) is 0. The maximum atomic E-state index is 8.63. The van der Waals surface area contributed by atoms with Crippen molar-refractivity contribution >= 4 is 44.9 Å². The molecule has 0 radical (unpaired) electrons. The van der Waals surface area contributed by atoms with E-state index in [0.717, 1.165) is 5.69 Å². The van der Waals surface area contributed by atoms with Gasteiger partial charge in [0.05, 0.1) is 9.79 Å². The number of rotatable bonds is 1. The van der Waals surface area contributed by atoms with Crippen molar-refractivity contribution in [3.8, 4) is 0 Å². The molecule has 7 nitrogen and oxygen atoms in total. The van der Waals surface area contributed by atoms with Crippen LogP contribution in [0.15, 0.2) is 40.1 Å². The van der Waals surface area contributed by atoms with E-state index in [0.29, 0.717) is 0 Å². The van der Waals surface area contributed by atoms with Crippen LogP contribution in [0, 0.1) is 0 Å². The summed E-state index contributed by atoms with van der Waals surface area (Å²) in [6.07, 6.45) is 0. The van der Waals surface area contributed by atoms with Crippen LogP contribution in [0.4, 0.5) is 22.7 Å². The molecule has 0 amide bonds. The number of nitrogen functional groups attached to an aromatic ring is 1. The highest BCUT2D eigenvalue weighted by Gasteiger charge is 2.26. The minimum absolute atomic E-state index is 0.0622. The molecule has 1 heterocycles. The van der Waals surface area contributed by atoms with Gasteiger partial charge in [0.1, 0.15) is 11.4 Å². The lowest BCUT2D eigenvalue weighted by Gasteiger charge is -2.25. The number of quaternary nitrogens is 1. The van der Waals surface area contributed by atoms with Gasteiger partial charge in [0.2, 0.25) is 10.4 Å². The number of nitrogens with zero attached hydrogens (tertiary/aromatic N) is 1. The van der Waals surface area contributed by atoms with Gasteiger partial charge in [0.15, 0.2) is 0 Å². The molecule has 27 heavy (non-hydrogen) atoms. The Morgan fingerprint density at radius 1 is 1.11 bits per heavy atom. The van der Waals surface area contributed by atoms with Crippen LogP contribution < -0.4 is 16.0 Å². The van der Waals surface area contributed by atoms with Gasteiger partial charge in [-0.2, -0.15) is 0 Å². The van der Waals surface area contributed by atoms with Gasteiger partial charge in [-0.3, -0.25) is 9.87 Å². The lowest BCUT2D eigenvalue weighted by Crippen LogP contribution is -2.72. The number of fused-ring (bicyclic) bond motifs is 2. The van der Waals surface area contributed by atoms with Crippen LogP contribution in [0.3, 0.4) is 0 Å². The van der Waals surface area contributed by atoms with Crippen LogP contribution in [0.1, 0.15) is 26.3 Å². The first-order chi connectivity index (χ1) is 12.3. The highest BCUT2D eigenvalue weighted by molar-refractivity contribution is 7.99. The molecule has 9 heteroatoms. The number of nitrogens with two attached hydrogens (primary N) is 2. The Bertz CT molecular complexity index is 944. The molecule has 0 spiro atoms. The molecule has 0 bridgehead atoms. The van der Waals surface area contributed by atoms with Gasteiger partial charge >= 0.3 is 0 Å². The quantitative estimate of drug-likeness (QED) is 0.319. The maximum Gasteiger partial charge on any atom is 0.215 e. The minimum atomic E-state index is -4.92. The van der Waals surface area contributed by atoms with Gasteiger partial charge in [0.25, 0.3) is 0 Å². The predicted octanol–water partition coefficient (Wildman–Crippen LogP) is 2.63. The first-order valence-corrected chi connectivity index (χ1v) is 10.4. The Kier molecular flexibility index (Phi) is 6.13. The molecule has 5 N–H and O–H groups in total. The second kappa shape index (κ2) is 7.69. The van der Waals surface area contributed by atoms with E-state index in [1.54, 1.807) is 0 Å². The minimum Gasteiger partial charge on any atom is -0.726 e. The van der Waals surface area contributed by atoms with Crippen LogP contribution in [0.2, 0.25) is 0 Å². The Hall–Kier alpha value is -1.78. The molecular weight excluding hydrogens is 386 g/mol. The number of hydrogen-bond acceptors (Lipinski definition) is 6. The summed E-state index contributed by atoms with van der Waals surface area (Å²) in [4.78, 5) is 4.67. The van der Waals surface area contributed by atoms with Gasteiger partial charge in [-0.15, -0.1) is 0 Å². The third-order valence-electron chi connectivity index (χ3n) is 4.03. The van der Waals surface area contributed by atoms with Crippen LogP contribution >= 0.6 is 11.8 Å². The third kappa shape index (κ3) is 5.85. The fraction of sp³-hybridized carbons (Fsp3) is 0.333. The number of hydrogen-bond donors (Lipinski definition) is 3. The largest absolute Gasteiger partial charge is 0.726 e. The highest BCUT2D eigenvalue weighted by Crippen LogP contribution is 2.43. The zero-order valence-corrected chi connectivity index (χ0v) is 17.6. The molecule has 0 saturated heterocycles. The summed E-state index contributed by atoms with van der Waals surface area (Å²) in [5, 5.41) is 2.27. The van der Waals surface area contributed by atoms with Crippen LogP contribution in [-0.4, -0.2) is 31.6 Å². The lowest BCUT2D eigenvalue weighted by molar-refractivity contribution is -0.485. The smallest absolute Gasteiger partial charge is 0.215 e. The average Bonchev–Trinajstić information content (AvgIpc) is 2.49. The monoisotopic (exact) mass is 411 g/mol. The summed E-state index contributed by atoms with van der Waals surface area (Å²) in [5.41, 5.74) is 12.2. The fourth-order valence-corrected chi connectivity index (χ4v) is 3.84. The standard InChI is InChI=1S/C18H23N3S.H2O4S/c1-18(2,3)12-9-15-17(10-13(12)19)22-16-8-11(21(4)5)6-7-14(16)20-15;1-5(2,3)4/h6-10,20H,19H2,1-5H3;(H2,1,2,3,4). The van der Waals surface area contributed by atoms with Crippen molar-refractivity contribution in [1.29, 1.82) is 0 Å². The van der Waals surface area contributed by atoms with Crippen LogP contribution in [-0.2, 0) is 15.8 Å². The van der Waals surface area contributed by atoms with Gasteiger partial charge in [-0.05, 0) is 29.2 Å². The number of anilines is 2. The summed E-state index contributed by atoms with van der Waals surface area (Å²) in [7, 11) is -0.777. The average molecular weight is 412 g/mol. The molecular formula is C18H25N3O4S2. The van der Waals surface area contributed by atoms with Crippen molar-refractivity contribution < 1.29 is 22.8 Å². The van der Waals surface area contributed by atoms with Gasteiger partial charge in [-0.25, -0.2) is 8.42 Å². The van der Waals surface area contributed by atoms with E-state index >= 15 is 0 Å². The fourth-order valence-electron chi connectivity index (χ4n) is 2.76. The van der Waals surface area contributed by atoms with E-state index in [1.165, 1.54) is 32.4 Å². The predicted molar refractivity (Wildman–Crippen MR) is 108 cm³/mol. The molecule has 2 aromatic carbocycles. The molecule has 0 atom stereocenters. The van der Waals surface area contributed by atoms with E-state index < -0.39 is 10.4 Å². The first kappa shape index (κ1) is 21.5. The first-order valence-electron chi connectivity index (χ1n) is 8.22. The Morgan fingerprint density at radius 3 is 2.19 bits per heavy atom. The SMILES string of the molecule is CN(C)c1ccc2c(c1)Sc1cc(N)c(C(C)(C)C)cc1[NH2+]2.O=S(=O)([O-])O. The topological polar surface area (TPSA) is 123 Å². The highest BCUT2D eigenvalue weighted by atomic mass is 32.3. The van der Waals surface area contributed by atoms with Crippen molar-refractivity contribution in [2.75, 3.05) is 24.7 Å². The number of benzene rings is 2. The lowest BCUT2D eigenvalue weighted by atomic mass is 9.85. The molecule has 1 aliphatic rings. The molecule has 0 aliphatic carbocycles. The molecule has 148 valence electrons. The van der Waals surface area contributed by atoms with Gasteiger partial charge < -0.3 is 15.2 Å². The second-order valence-corrected chi connectivity index (χ2v) is 9.46. The normalized spacial score (nSPS) is 13.1. The van der Waals surface area contributed by atoms with Crippen LogP contribution in [0.5, 0.6) is 0 Å². The van der Waals surface area contributed by atoms with Crippen molar-refractivity contribution in [3.63, 3.8) is 0 Å². The van der Waals surface area contributed by atoms with Crippen LogP contribution in [0.25, 0.3) is 0 Å². The maximum absolute atomic E-state index is 8.63. The van der Waals surface area contributed by atoms with Gasteiger partial charge in [0, 0.05) is 37.6 Å². The van der Waals surface area contributed by atoms with E-state index in [9.17, 15) is 0 Å². The third-order valence-corrected chi connectivity index (χ3v) is 5.18. The van der Waals surface area contributed by atoms with Crippen molar-refractivity contribution in [1.82, 2.24) is 0 Å². The van der Waals surface area contributed by atoms with E-state index in [4.69, 9.17) is 23.3 Å². The summed E-state index contributed by atoms with van der Waals surface area (Å²) in [6, 6.07) is 11.0. The second-order valence-electron chi connectivity index (χ2n) is 7.52. The Labute approximate surface area is 164 Å².